The Morgan fingerprint density at radius 3 is 1.75 bits per heavy atom. The molecule has 0 atom stereocenters. The molecule has 4 heteroatoms. The van der Waals surface area contributed by atoms with Gasteiger partial charge in [-0.15, -0.1) is 0 Å². The maximum Gasteiger partial charge on any atom is 0.336 e. The van der Waals surface area contributed by atoms with Crippen LogP contribution in [0.25, 0.3) is 0 Å². The molecule has 0 bridgehead atoms. The van der Waals surface area contributed by atoms with E-state index in [0.29, 0.717) is 30.2 Å². The second-order valence-corrected chi connectivity index (χ2v) is 6.51. The number of rotatable bonds is 10. The maximum atomic E-state index is 11.9. The second kappa shape index (κ2) is 9.45. The van der Waals surface area contributed by atoms with Crippen LogP contribution in [-0.4, -0.2) is 22.2 Å². The molecule has 0 heterocycles. The first-order chi connectivity index (χ1) is 11.4. The van der Waals surface area contributed by atoms with Crippen molar-refractivity contribution >= 4 is 11.9 Å². The van der Waals surface area contributed by atoms with Gasteiger partial charge < -0.3 is 10.2 Å². The molecule has 2 N–H and O–H groups in total. The molecular formula is C20H30O4. The van der Waals surface area contributed by atoms with E-state index >= 15 is 0 Å². The van der Waals surface area contributed by atoms with Crippen LogP contribution in [0.2, 0.25) is 0 Å². The number of carboxylic acid groups (broad SMARTS) is 2. The van der Waals surface area contributed by atoms with Crippen LogP contribution >= 0.6 is 0 Å². The van der Waals surface area contributed by atoms with Gasteiger partial charge in [0.25, 0.3) is 0 Å². The highest BCUT2D eigenvalue weighted by molar-refractivity contribution is 5.97. The topological polar surface area (TPSA) is 74.6 Å². The van der Waals surface area contributed by atoms with E-state index in [-0.39, 0.29) is 11.1 Å². The minimum atomic E-state index is -1.05. The van der Waals surface area contributed by atoms with Gasteiger partial charge in [-0.2, -0.15) is 0 Å². The Bertz CT molecular complexity index is 569. The highest BCUT2D eigenvalue weighted by Crippen LogP contribution is 2.28. The Morgan fingerprint density at radius 1 is 0.833 bits per heavy atom. The lowest BCUT2D eigenvalue weighted by molar-refractivity contribution is 0.0693. The van der Waals surface area contributed by atoms with Gasteiger partial charge in [-0.3, -0.25) is 0 Å². The van der Waals surface area contributed by atoms with Gasteiger partial charge >= 0.3 is 11.9 Å². The second-order valence-electron chi connectivity index (χ2n) is 6.51. The fourth-order valence-electron chi connectivity index (χ4n) is 3.30. The number of hydrogen-bond acceptors (Lipinski definition) is 2. The molecule has 0 aliphatic carbocycles. The quantitative estimate of drug-likeness (QED) is 0.628. The molecule has 0 radical (unpaired) electrons. The van der Waals surface area contributed by atoms with Crippen molar-refractivity contribution in [1.82, 2.24) is 0 Å². The fourth-order valence-corrected chi connectivity index (χ4v) is 3.30. The number of benzene rings is 1. The molecule has 4 nitrogen and oxygen atoms in total. The molecule has 1 aromatic rings. The molecule has 0 saturated heterocycles. The number of carboxylic acids is 2. The van der Waals surface area contributed by atoms with Crippen molar-refractivity contribution in [2.45, 2.75) is 66.2 Å². The molecule has 134 valence electrons. The maximum absolute atomic E-state index is 11.9. The van der Waals surface area contributed by atoms with Crippen LogP contribution < -0.4 is 0 Å². The van der Waals surface area contributed by atoms with E-state index in [1.54, 1.807) is 12.1 Å². The van der Waals surface area contributed by atoms with E-state index in [0.717, 1.165) is 31.2 Å². The van der Waals surface area contributed by atoms with E-state index in [2.05, 4.69) is 27.7 Å². The summed E-state index contributed by atoms with van der Waals surface area (Å²) in [7, 11) is 0. The lowest BCUT2D eigenvalue weighted by Crippen LogP contribution is -2.17. The first kappa shape index (κ1) is 20.2. The van der Waals surface area contributed by atoms with E-state index < -0.39 is 11.9 Å². The fraction of sp³-hybridized carbons (Fsp3) is 0.600. The summed E-state index contributed by atoms with van der Waals surface area (Å²) in [6.07, 6.45) is 4.98. The molecule has 1 rings (SSSR count). The Labute approximate surface area is 144 Å². The Hall–Kier alpha value is -1.84. The average molecular weight is 334 g/mol. The van der Waals surface area contributed by atoms with E-state index in [9.17, 15) is 19.8 Å². The largest absolute Gasteiger partial charge is 0.478 e. The molecule has 0 fully saturated rings. The number of aromatic carboxylic acids is 2. The molecule has 1 aromatic carbocycles. The van der Waals surface area contributed by atoms with Gasteiger partial charge in [-0.05, 0) is 41.9 Å². The van der Waals surface area contributed by atoms with Crippen LogP contribution in [0.1, 0.15) is 85.2 Å². The zero-order valence-corrected chi connectivity index (χ0v) is 15.3. The normalized spacial score (nSPS) is 11.2. The van der Waals surface area contributed by atoms with Crippen molar-refractivity contribution in [3.8, 4) is 0 Å². The lowest BCUT2D eigenvalue weighted by Gasteiger charge is -2.20. The molecule has 0 spiro atoms. The van der Waals surface area contributed by atoms with Crippen LogP contribution in [0.5, 0.6) is 0 Å². The standard InChI is InChI=1S/C20H30O4/c1-5-13(6-2)11-15-9-10-16(19(21)22)17(18(15)20(23)24)12-14(7-3)8-4/h9-10,13-14H,5-8,11-12H2,1-4H3,(H,21,22)(H,23,24). The smallest absolute Gasteiger partial charge is 0.336 e. The molecule has 0 amide bonds. The van der Waals surface area contributed by atoms with Crippen LogP contribution in [0, 0.1) is 11.8 Å². The lowest BCUT2D eigenvalue weighted by atomic mass is 9.84. The van der Waals surface area contributed by atoms with E-state index in [1.807, 2.05) is 0 Å². The predicted octanol–water partition coefficient (Wildman–Crippen LogP) is 5.04. The molecule has 0 aliphatic rings. The van der Waals surface area contributed by atoms with Gasteiger partial charge in [0.2, 0.25) is 0 Å². The SMILES string of the molecule is CCC(CC)Cc1ccc(C(=O)O)c(CC(CC)CC)c1C(=O)O. The van der Waals surface area contributed by atoms with Crippen LogP contribution in [-0.2, 0) is 12.8 Å². The molecule has 0 unspecified atom stereocenters. The Kier molecular flexibility index (Phi) is 7.96. The summed E-state index contributed by atoms with van der Waals surface area (Å²) in [5, 5.41) is 19.3. The monoisotopic (exact) mass is 334 g/mol. The molecule has 0 aliphatic heterocycles. The third-order valence-corrected chi connectivity index (χ3v) is 5.15. The highest BCUT2D eigenvalue weighted by atomic mass is 16.4. The summed E-state index contributed by atoms with van der Waals surface area (Å²) >= 11 is 0. The summed E-state index contributed by atoms with van der Waals surface area (Å²) in [4.78, 5) is 23.5. The van der Waals surface area contributed by atoms with Crippen molar-refractivity contribution in [2.24, 2.45) is 11.8 Å². The summed E-state index contributed by atoms with van der Waals surface area (Å²) in [6.45, 7) is 8.32. The predicted molar refractivity (Wildman–Crippen MR) is 95.9 cm³/mol. The first-order valence-electron chi connectivity index (χ1n) is 9.00. The van der Waals surface area contributed by atoms with Gasteiger partial charge in [0.1, 0.15) is 0 Å². The molecular weight excluding hydrogens is 304 g/mol. The molecule has 0 saturated carbocycles. The van der Waals surface area contributed by atoms with Crippen molar-refractivity contribution in [3.05, 3.63) is 34.4 Å². The van der Waals surface area contributed by atoms with Gasteiger partial charge in [-0.1, -0.05) is 59.4 Å². The minimum Gasteiger partial charge on any atom is -0.478 e. The summed E-state index contributed by atoms with van der Waals surface area (Å²) < 4.78 is 0. The Morgan fingerprint density at radius 2 is 1.33 bits per heavy atom. The van der Waals surface area contributed by atoms with Crippen molar-refractivity contribution in [1.29, 1.82) is 0 Å². The van der Waals surface area contributed by atoms with Crippen molar-refractivity contribution in [3.63, 3.8) is 0 Å². The van der Waals surface area contributed by atoms with E-state index in [1.165, 1.54) is 0 Å². The molecule has 24 heavy (non-hydrogen) atoms. The number of hydrogen-bond donors (Lipinski definition) is 2. The van der Waals surface area contributed by atoms with Crippen molar-refractivity contribution < 1.29 is 19.8 Å². The summed E-state index contributed by atoms with van der Waals surface area (Å²) in [5.74, 6) is -1.35. The average Bonchev–Trinajstić information content (AvgIpc) is 2.56. The zero-order valence-electron chi connectivity index (χ0n) is 15.3. The van der Waals surface area contributed by atoms with Crippen LogP contribution in [0.15, 0.2) is 12.1 Å². The van der Waals surface area contributed by atoms with Crippen molar-refractivity contribution in [2.75, 3.05) is 0 Å². The van der Waals surface area contributed by atoms with Gasteiger partial charge in [0, 0.05) is 0 Å². The van der Waals surface area contributed by atoms with Gasteiger partial charge in [0.05, 0.1) is 11.1 Å². The molecule has 0 aromatic heterocycles. The third kappa shape index (κ3) is 4.83. The van der Waals surface area contributed by atoms with Gasteiger partial charge in [0.15, 0.2) is 0 Å². The minimum absolute atomic E-state index is 0.132. The summed E-state index contributed by atoms with van der Waals surface area (Å²) in [5.41, 5.74) is 1.61. The van der Waals surface area contributed by atoms with E-state index in [4.69, 9.17) is 0 Å². The zero-order chi connectivity index (χ0) is 18.3. The number of carbonyl (C=O) groups is 2. The third-order valence-electron chi connectivity index (χ3n) is 5.15. The highest BCUT2D eigenvalue weighted by Gasteiger charge is 2.24. The first-order valence-corrected chi connectivity index (χ1v) is 9.00. The van der Waals surface area contributed by atoms with Gasteiger partial charge in [-0.25, -0.2) is 9.59 Å². The van der Waals surface area contributed by atoms with Crippen LogP contribution in [0.4, 0.5) is 0 Å². The summed E-state index contributed by atoms with van der Waals surface area (Å²) in [6, 6.07) is 3.28. The van der Waals surface area contributed by atoms with Crippen LogP contribution in [0.3, 0.4) is 0 Å². The Balaban J connectivity index is 3.47.